The second-order valence-corrected chi connectivity index (χ2v) is 5.59. The molecule has 1 aromatic rings. The smallest absolute Gasteiger partial charge is 0.217 e. The molecule has 2 rings (SSSR count). The largest absolute Gasteiger partial charge is 0.382 e. The minimum Gasteiger partial charge on any atom is -0.382 e. The van der Waals surface area contributed by atoms with E-state index in [9.17, 15) is 4.79 Å². The van der Waals surface area contributed by atoms with E-state index in [0.717, 1.165) is 25.9 Å². The van der Waals surface area contributed by atoms with Crippen LogP contribution in [0.5, 0.6) is 0 Å². The lowest BCUT2D eigenvalue weighted by molar-refractivity contribution is -0.119. The Morgan fingerprint density at radius 1 is 1.50 bits per heavy atom. The van der Waals surface area contributed by atoms with Gasteiger partial charge in [0, 0.05) is 26.1 Å². The van der Waals surface area contributed by atoms with Gasteiger partial charge in [-0.25, -0.2) is 9.97 Å². The zero-order valence-electron chi connectivity index (χ0n) is 11.8. The van der Waals surface area contributed by atoms with E-state index in [2.05, 4.69) is 27.1 Å². The summed E-state index contributed by atoms with van der Waals surface area (Å²) in [4.78, 5) is 21.3. The van der Waals surface area contributed by atoms with Crippen LogP contribution in [-0.4, -0.2) is 35.0 Å². The van der Waals surface area contributed by atoms with Crippen molar-refractivity contribution >= 4 is 29.1 Å². The second-order valence-electron chi connectivity index (χ2n) is 5.21. The van der Waals surface area contributed by atoms with Gasteiger partial charge in [0.25, 0.3) is 0 Å². The van der Waals surface area contributed by atoms with E-state index in [1.54, 1.807) is 6.92 Å². The molecule has 110 valence electrons. The summed E-state index contributed by atoms with van der Waals surface area (Å²) < 4.78 is 0. The van der Waals surface area contributed by atoms with Gasteiger partial charge in [-0.05, 0) is 25.7 Å². The molecule has 0 saturated carbocycles. The predicted molar refractivity (Wildman–Crippen MR) is 79.7 cm³/mol. The summed E-state index contributed by atoms with van der Waals surface area (Å²) in [6.07, 6.45) is 3.41. The fourth-order valence-electron chi connectivity index (χ4n) is 2.64. The standard InChI is InChI=1S/C13H20ClN5O/c1-8(18-9(2)20)10-3-5-19(6-4-10)13-11(14)12(15)16-7-17-13/h7-8,10H,3-6H2,1-2H3,(H,18,20)(H2,15,16,17). The third-order valence-electron chi connectivity index (χ3n) is 3.78. The molecular weight excluding hydrogens is 278 g/mol. The van der Waals surface area contributed by atoms with Crippen LogP contribution in [0.4, 0.5) is 11.6 Å². The number of halogens is 1. The van der Waals surface area contributed by atoms with Gasteiger partial charge < -0.3 is 16.0 Å². The van der Waals surface area contributed by atoms with E-state index < -0.39 is 0 Å². The van der Waals surface area contributed by atoms with Gasteiger partial charge in [0.2, 0.25) is 5.91 Å². The average molecular weight is 298 g/mol. The summed E-state index contributed by atoms with van der Waals surface area (Å²) in [7, 11) is 0. The van der Waals surface area contributed by atoms with E-state index in [0.29, 0.717) is 22.6 Å². The van der Waals surface area contributed by atoms with Crippen molar-refractivity contribution in [2.24, 2.45) is 5.92 Å². The van der Waals surface area contributed by atoms with E-state index in [4.69, 9.17) is 17.3 Å². The van der Waals surface area contributed by atoms with Gasteiger partial charge in [-0.2, -0.15) is 0 Å². The van der Waals surface area contributed by atoms with Crippen molar-refractivity contribution in [1.29, 1.82) is 0 Å². The number of amides is 1. The molecular formula is C13H20ClN5O. The van der Waals surface area contributed by atoms with E-state index in [-0.39, 0.29) is 11.9 Å². The Bertz CT molecular complexity index is 488. The Morgan fingerprint density at radius 2 is 2.15 bits per heavy atom. The van der Waals surface area contributed by atoms with Crippen LogP contribution in [-0.2, 0) is 4.79 Å². The van der Waals surface area contributed by atoms with Gasteiger partial charge in [0.15, 0.2) is 5.82 Å². The van der Waals surface area contributed by atoms with Crippen molar-refractivity contribution in [1.82, 2.24) is 15.3 Å². The van der Waals surface area contributed by atoms with Crippen molar-refractivity contribution in [2.75, 3.05) is 23.7 Å². The van der Waals surface area contributed by atoms with Crippen LogP contribution >= 0.6 is 11.6 Å². The van der Waals surface area contributed by atoms with Crippen LogP contribution in [0, 0.1) is 5.92 Å². The minimum absolute atomic E-state index is 0.0200. The van der Waals surface area contributed by atoms with E-state index in [1.807, 2.05) is 0 Å². The highest BCUT2D eigenvalue weighted by Gasteiger charge is 2.26. The van der Waals surface area contributed by atoms with Crippen molar-refractivity contribution in [3.63, 3.8) is 0 Å². The maximum Gasteiger partial charge on any atom is 0.217 e. The maximum atomic E-state index is 11.1. The van der Waals surface area contributed by atoms with Crippen LogP contribution in [0.25, 0.3) is 0 Å². The monoisotopic (exact) mass is 297 g/mol. The van der Waals surface area contributed by atoms with Gasteiger partial charge in [0.1, 0.15) is 17.2 Å². The van der Waals surface area contributed by atoms with Crippen LogP contribution < -0.4 is 16.0 Å². The third kappa shape index (κ3) is 3.30. The lowest BCUT2D eigenvalue weighted by Crippen LogP contribution is -2.43. The van der Waals surface area contributed by atoms with Crippen molar-refractivity contribution in [3.8, 4) is 0 Å². The van der Waals surface area contributed by atoms with Crippen LogP contribution in [0.15, 0.2) is 6.33 Å². The summed E-state index contributed by atoms with van der Waals surface area (Å²) in [5.74, 6) is 1.51. The van der Waals surface area contributed by atoms with Crippen molar-refractivity contribution in [2.45, 2.75) is 32.7 Å². The first-order valence-electron chi connectivity index (χ1n) is 6.77. The first kappa shape index (κ1) is 14.8. The number of nitrogen functional groups attached to an aromatic ring is 1. The number of piperidine rings is 1. The molecule has 1 aliphatic heterocycles. The van der Waals surface area contributed by atoms with Gasteiger partial charge in [-0.1, -0.05) is 11.6 Å². The van der Waals surface area contributed by atoms with Gasteiger partial charge in [-0.15, -0.1) is 0 Å². The molecule has 0 bridgehead atoms. The average Bonchev–Trinajstić information content (AvgIpc) is 2.41. The molecule has 7 heteroatoms. The lowest BCUT2D eigenvalue weighted by Gasteiger charge is -2.35. The molecule has 3 N–H and O–H groups in total. The highest BCUT2D eigenvalue weighted by molar-refractivity contribution is 6.35. The summed E-state index contributed by atoms with van der Waals surface area (Å²) in [5.41, 5.74) is 5.70. The van der Waals surface area contributed by atoms with Crippen LogP contribution in [0.1, 0.15) is 26.7 Å². The fourth-order valence-corrected chi connectivity index (χ4v) is 2.86. The zero-order chi connectivity index (χ0) is 14.7. The van der Waals surface area contributed by atoms with Gasteiger partial charge in [0.05, 0.1) is 0 Å². The Hall–Kier alpha value is -1.56. The molecule has 20 heavy (non-hydrogen) atoms. The maximum absolute atomic E-state index is 11.1. The number of carbonyl (C=O) groups excluding carboxylic acids is 1. The molecule has 0 spiro atoms. The Balaban J connectivity index is 1.97. The topological polar surface area (TPSA) is 84.1 Å². The number of aromatic nitrogens is 2. The number of hydrogen-bond donors (Lipinski definition) is 2. The number of nitrogens with zero attached hydrogens (tertiary/aromatic N) is 3. The van der Waals surface area contributed by atoms with Crippen molar-refractivity contribution in [3.05, 3.63) is 11.3 Å². The fraction of sp³-hybridized carbons (Fsp3) is 0.615. The SMILES string of the molecule is CC(=O)NC(C)C1CCN(c2ncnc(N)c2Cl)CC1. The summed E-state index contributed by atoms with van der Waals surface area (Å²) in [5, 5.41) is 3.38. The number of carbonyl (C=O) groups is 1. The molecule has 6 nitrogen and oxygen atoms in total. The summed E-state index contributed by atoms with van der Waals surface area (Å²) in [6, 6.07) is 0.195. The number of hydrogen-bond acceptors (Lipinski definition) is 5. The van der Waals surface area contributed by atoms with E-state index in [1.165, 1.54) is 6.33 Å². The Kier molecular flexibility index (Phi) is 4.65. The molecule has 0 radical (unpaired) electrons. The lowest BCUT2D eigenvalue weighted by atomic mass is 9.90. The number of nitrogens with two attached hydrogens (primary N) is 1. The van der Waals surface area contributed by atoms with Gasteiger partial charge in [-0.3, -0.25) is 4.79 Å². The Labute approximate surface area is 123 Å². The molecule has 0 aromatic carbocycles. The highest BCUT2D eigenvalue weighted by Crippen LogP contribution is 2.30. The molecule has 1 aliphatic rings. The first-order chi connectivity index (χ1) is 9.49. The minimum atomic E-state index is 0.0200. The molecule has 1 unspecified atom stereocenters. The normalized spacial score (nSPS) is 17.9. The highest BCUT2D eigenvalue weighted by atomic mass is 35.5. The molecule has 1 atom stereocenters. The number of nitrogens with one attached hydrogen (secondary N) is 1. The van der Waals surface area contributed by atoms with Crippen LogP contribution in [0.3, 0.4) is 0 Å². The predicted octanol–water partition coefficient (Wildman–Crippen LogP) is 1.45. The Morgan fingerprint density at radius 3 is 2.75 bits per heavy atom. The molecule has 0 aliphatic carbocycles. The number of rotatable bonds is 3. The number of anilines is 2. The summed E-state index contributed by atoms with van der Waals surface area (Å²) >= 11 is 6.15. The molecule has 1 aromatic heterocycles. The first-order valence-corrected chi connectivity index (χ1v) is 7.15. The molecule has 1 saturated heterocycles. The van der Waals surface area contributed by atoms with Gasteiger partial charge >= 0.3 is 0 Å². The zero-order valence-corrected chi connectivity index (χ0v) is 12.5. The quantitative estimate of drug-likeness (QED) is 0.882. The van der Waals surface area contributed by atoms with E-state index >= 15 is 0 Å². The van der Waals surface area contributed by atoms with Crippen LogP contribution in [0.2, 0.25) is 5.02 Å². The summed E-state index contributed by atoms with van der Waals surface area (Å²) in [6.45, 7) is 5.31. The second kappa shape index (κ2) is 6.26. The third-order valence-corrected chi connectivity index (χ3v) is 4.14. The molecule has 2 heterocycles. The van der Waals surface area contributed by atoms with Crippen molar-refractivity contribution < 1.29 is 4.79 Å². The molecule has 1 fully saturated rings. The molecule has 1 amide bonds.